The Balaban J connectivity index is 1.74. The first kappa shape index (κ1) is 11.3. The molecule has 2 aliphatic rings. The highest BCUT2D eigenvalue weighted by atomic mass is 32.2. The summed E-state index contributed by atoms with van der Waals surface area (Å²) in [5, 5.41) is 3.48. The molecule has 1 heterocycles. The van der Waals surface area contributed by atoms with Crippen molar-refractivity contribution in [2.24, 2.45) is 0 Å². The van der Waals surface area contributed by atoms with Crippen LogP contribution >= 0.6 is 11.8 Å². The van der Waals surface area contributed by atoms with Crippen molar-refractivity contribution >= 4 is 17.7 Å². The van der Waals surface area contributed by atoms with Crippen LogP contribution in [0, 0.1) is 0 Å². The van der Waals surface area contributed by atoms with Gasteiger partial charge in [-0.25, -0.2) is 0 Å². The van der Waals surface area contributed by atoms with E-state index in [0.717, 1.165) is 6.42 Å². The second kappa shape index (κ2) is 5.78. The van der Waals surface area contributed by atoms with Crippen LogP contribution in [0.1, 0.15) is 51.4 Å². The molecule has 2 fully saturated rings. The molecule has 86 valence electrons. The number of hydrogen-bond donors (Lipinski definition) is 1. The Morgan fingerprint density at radius 2 is 1.73 bits per heavy atom. The summed E-state index contributed by atoms with van der Waals surface area (Å²) in [5.41, 5.74) is 0. The van der Waals surface area contributed by atoms with E-state index in [-0.39, 0.29) is 5.25 Å². The minimum absolute atomic E-state index is 0.251. The third kappa shape index (κ3) is 3.40. The average molecular weight is 227 g/mol. The highest BCUT2D eigenvalue weighted by Crippen LogP contribution is 2.26. The summed E-state index contributed by atoms with van der Waals surface area (Å²) >= 11 is 1.85. The van der Waals surface area contributed by atoms with E-state index < -0.39 is 0 Å². The van der Waals surface area contributed by atoms with Gasteiger partial charge in [-0.2, -0.15) is 0 Å². The van der Waals surface area contributed by atoms with E-state index in [9.17, 15) is 4.79 Å². The fraction of sp³-hybridized carbons (Fsp3) is 0.917. The maximum absolute atomic E-state index is 11.9. The summed E-state index contributed by atoms with van der Waals surface area (Å²) < 4.78 is 0. The molecular weight excluding hydrogens is 206 g/mol. The first-order valence-electron chi connectivity index (χ1n) is 6.28. The minimum atomic E-state index is 0.251. The molecule has 1 unspecified atom stereocenters. The molecule has 15 heavy (non-hydrogen) atoms. The van der Waals surface area contributed by atoms with Crippen LogP contribution in [0.25, 0.3) is 0 Å². The Labute approximate surface area is 96.6 Å². The first-order valence-corrected chi connectivity index (χ1v) is 7.33. The number of rotatable bonds is 2. The molecule has 1 aliphatic carbocycles. The first-order chi connectivity index (χ1) is 7.36. The van der Waals surface area contributed by atoms with Gasteiger partial charge in [0.1, 0.15) is 0 Å². The molecule has 0 spiro atoms. The maximum atomic E-state index is 11.9. The Morgan fingerprint density at radius 3 is 2.40 bits per heavy atom. The van der Waals surface area contributed by atoms with Gasteiger partial charge in [0, 0.05) is 6.04 Å². The molecule has 1 amide bonds. The van der Waals surface area contributed by atoms with E-state index in [1.54, 1.807) is 0 Å². The van der Waals surface area contributed by atoms with Gasteiger partial charge in [0.05, 0.1) is 5.25 Å². The molecule has 1 saturated carbocycles. The zero-order valence-corrected chi connectivity index (χ0v) is 10.2. The highest BCUT2D eigenvalue weighted by Gasteiger charge is 2.24. The van der Waals surface area contributed by atoms with Gasteiger partial charge in [-0.15, -0.1) is 11.8 Å². The van der Waals surface area contributed by atoms with Gasteiger partial charge in [0.25, 0.3) is 0 Å². The summed E-state index contributed by atoms with van der Waals surface area (Å²) in [6, 6.07) is 0.480. The van der Waals surface area contributed by atoms with Gasteiger partial charge < -0.3 is 5.32 Å². The van der Waals surface area contributed by atoms with E-state index in [1.807, 2.05) is 11.8 Å². The normalized spacial score (nSPS) is 28.7. The quantitative estimate of drug-likeness (QED) is 0.786. The van der Waals surface area contributed by atoms with Crippen molar-refractivity contribution in [2.45, 2.75) is 62.7 Å². The van der Waals surface area contributed by atoms with Crippen molar-refractivity contribution in [3.05, 3.63) is 0 Å². The van der Waals surface area contributed by atoms with Gasteiger partial charge in [-0.1, -0.05) is 25.7 Å². The third-order valence-corrected chi connectivity index (χ3v) is 4.80. The number of hydrogen-bond acceptors (Lipinski definition) is 2. The summed E-state index contributed by atoms with van der Waals surface area (Å²) in [5.74, 6) is 1.48. The second-order valence-electron chi connectivity index (χ2n) is 4.70. The van der Waals surface area contributed by atoms with Crippen molar-refractivity contribution in [3.63, 3.8) is 0 Å². The van der Waals surface area contributed by atoms with Crippen LogP contribution in [0.3, 0.4) is 0 Å². The van der Waals surface area contributed by atoms with E-state index in [2.05, 4.69) is 5.32 Å². The molecule has 0 aromatic rings. The van der Waals surface area contributed by atoms with Gasteiger partial charge in [-0.3, -0.25) is 4.79 Å². The zero-order valence-electron chi connectivity index (χ0n) is 9.34. The van der Waals surface area contributed by atoms with Crippen molar-refractivity contribution in [1.82, 2.24) is 5.32 Å². The molecular formula is C12H21NOS. The predicted molar refractivity (Wildman–Crippen MR) is 65.1 cm³/mol. The number of amides is 1. The molecule has 0 aromatic heterocycles. The van der Waals surface area contributed by atoms with Crippen molar-refractivity contribution in [2.75, 3.05) is 5.75 Å². The number of carbonyl (C=O) groups excluding carboxylic acids is 1. The Kier molecular flexibility index (Phi) is 4.36. The van der Waals surface area contributed by atoms with Crippen LogP contribution in [0.4, 0.5) is 0 Å². The lowest BCUT2D eigenvalue weighted by Gasteiger charge is -2.26. The predicted octanol–water partition coefficient (Wildman–Crippen LogP) is 2.72. The Bertz CT molecular complexity index is 208. The van der Waals surface area contributed by atoms with Gasteiger partial charge in [-0.05, 0) is 31.4 Å². The fourth-order valence-electron chi connectivity index (χ4n) is 2.49. The van der Waals surface area contributed by atoms with Crippen LogP contribution in [-0.2, 0) is 4.79 Å². The smallest absolute Gasteiger partial charge is 0.233 e. The van der Waals surface area contributed by atoms with E-state index in [0.29, 0.717) is 11.9 Å². The monoisotopic (exact) mass is 227 g/mol. The fourth-order valence-corrected chi connectivity index (χ4v) is 3.70. The topological polar surface area (TPSA) is 29.1 Å². The van der Waals surface area contributed by atoms with Crippen LogP contribution in [0.2, 0.25) is 0 Å². The van der Waals surface area contributed by atoms with E-state index in [4.69, 9.17) is 0 Å². The molecule has 0 radical (unpaired) electrons. The van der Waals surface area contributed by atoms with Crippen LogP contribution in [0.5, 0.6) is 0 Å². The lowest BCUT2D eigenvalue weighted by atomic mass is 9.95. The maximum Gasteiger partial charge on any atom is 0.233 e. The molecule has 3 heteroatoms. The molecule has 2 nitrogen and oxygen atoms in total. The average Bonchev–Trinajstić information content (AvgIpc) is 2.31. The SMILES string of the molecule is O=C(NC1CCCCC1)C1CCCCS1. The standard InChI is InChI=1S/C12H21NOS/c14-12(11-8-4-5-9-15-11)13-10-6-2-1-3-7-10/h10-11H,1-9H2,(H,13,14). The van der Waals surface area contributed by atoms with Gasteiger partial charge in [0.15, 0.2) is 0 Å². The van der Waals surface area contributed by atoms with Crippen LogP contribution in [-0.4, -0.2) is 23.0 Å². The summed E-state index contributed by atoms with van der Waals surface area (Å²) in [6.07, 6.45) is 9.94. The van der Waals surface area contributed by atoms with Crippen LogP contribution in [0.15, 0.2) is 0 Å². The van der Waals surface area contributed by atoms with Gasteiger partial charge in [0.2, 0.25) is 5.91 Å². The lowest BCUT2D eigenvalue weighted by molar-refractivity contribution is -0.121. The van der Waals surface area contributed by atoms with Crippen LogP contribution < -0.4 is 5.32 Å². The second-order valence-corrected chi connectivity index (χ2v) is 6.01. The summed E-state index contributed by atoms with van der Waals surface area (Å²) in [7, 11) is 0. The summed E-state index contributed by atoms with van der Waals surface area (Å²) in [4.78, 5) is 11.9. The number of thioether (sulfide) groups is 1. The third-order valence-electron chi connectivity index (χ3n) is 3.42. The van der Waals surface area contributed by atoms with Crippen molar-refractivity contribution in [3.8, 4) is 0 Å². The molecule has 1 saturated heterocycles. The molecule has 1 atom stereocenters. The molecule has 1 aliphatic heterocycles. The molecule has 1 N–H and O–H groups in total. The van der Waals surface area contributed by atoms with Gasteiger partial charge >= 0.3 is 0 Å². The Morgan fingerprint density at radius 1 is 1.00 bits per heavy atom. The highest BCUT2D eigenvalue weighted by molar-refractivity contribution is 8.00. The Hall–Kier alpha value is -0.180. The summed E-state index contributed by atoms with van der Waals surface area (Å²) in [6.45, 7) is 0. The van der Waals surface area contributed by atoms with E-state index in [1.165, 1.54) is 50.7 Å². The molecule has 0 bridgehead atoms. The van der Waals surface area contributed by atoms with Crippen molar-refractivity contribution < 1.29 is 4.79 Å². The molecule has 2 rings (SSSR count). The minimum Gasteiger partial charge on any atom is -0.352 e. The van der Waals surface area contributed by atoms with E-state index >= 15 is 0 Å². The number of carbonyl (C=O) groups is 1. The zero-order chi connectivity index (χ0) is 10.5. The van der Waals surface area contributed by atoms with Crippen molar-refractivity contribution in [1.29, 1.82) is 0 Å². The lowest BCUT2D eigenvalue weighted by Crippen LogP contribution is -2.41. The number of nitrogens with one attached hydrogen (secondary N) is 1. The molecule has 0 aromatic carbocycles. The largest absolute Gasteiger partial charge is 0.352 e.